The van der Waals surface area contributed by atoms with E-state index in [1.165, 1.54) is 25.7 Å². The van der Waals surface area contributed by atoms with Crippen LogP contribution in [0.5, 0.6) is 0 Å². The van der Waals surface area contributed by atoms with Gasteiger partial charge < -0.3 is 5.32 Å². The highest BCUT2D eigenvalue weighted by molar-refractivity contribution is 7.89. The van der Waals surface area contributed by atoms with E-state index in [4.69, 9.17) is 5.14 Å². The summed E-state index contributed by atoms with van der Waals surface area (Å²) in [6.45, 7) is 4.55. The van der Waals surface area contributed by atoms with E-state index in [2.05, 4.69) is 19.2 Å². The number of hydrogen-bond donors (Lipinski definition) is 2. The summed E-state index contributed by atoms with van der Waals surface area (Å²) in [5, 5.41) is 8.66. The zero-order chi connectivity index (χ0) is 14.8. The fourth-order valence-corrected chi connectivity index (χ4v) is 3.61. The molecule has 1 aliphatic rings. The van der Waals surface area contributed by atoms with Crippen LogP contribution in [0.15, 0.2) is 29.2 Å². The van der Waals surface area contributed by atoms with Crippen molar-refractivity contribution in [2.45, 2.75) is 50.5 Å². The predicted molar refractivity (Wildman–Crippen MR) is 82.0 cm³/mol. The van der Waals surface area contributed by atoms with Crippen molar-refractivity contribution >= 4 is 15.7 Å². The highest BCUT2D eigenvalue weighted by Gasteiger charge is 2.27. The molecule has 5 heteroatoms. The number of sulfonamides is 1. The van der Waals surface area contributed by atoms with Crippen LogP contribution >= 0.6 is 0 Å². The second-order valence-corrected chi connectivity index (χ2v) is 7.57. The molecule has 20 heavy (non-hydrogen) atoms. The van der Waals surface area contributed by atoms with Crippen LogP contribution in [-0.2, 0) is 10.0 Å². The number of anilines is 1. The Morgan fingerprint density at radius 1 is 1.15 bits per heavy atom. The average Bonchev–Trinajstić information content (AvgIpc) is 2.38. The molecule has 2 unspecified atom stereocenters. The van der Waals surface area contributed by atoms with Crippen LogP contribution in [0, 0.1) is 11.8 Å². The Morgan fingerprint density at radius 2 is 1.75 bits per heavy atom. The lowest BCUT2D eigenvalue weighted by molar-refractivity contribution is 0.254. The molecule has 1 aromatic rings. The van der Waals surface area contributed by atoms with Gasteiger partial charge in [0.1, 0.15) is 0 Å². The van der Waals surface area contributed by atoms with Crippen molar-refractivity contribution in [1.29, 1.82) is 0 Å². The summed E-state index contributed by atoms with van der Waals surface area (Å²) in [5.41, 5.74) is 0.968. The monoisotopic (exact) mass is 296 g/mol. The van der Waals surface area contributed by atoms with Crippen LogP contribution in [0.4, 0.5) is 5.69 Å². The fourth-order valence-electron chi connectivity index (χ4n) is 3.09. The largest absolute Gasteiger partial charge is 0.382 e. The number of hydrogen-bond acceptors (Lipinski definition) is 3. The van der Waals surface area contributed by atoms with Gasteiger partial charge in [-0.1, -0.05) is 26.7 Å². The maximum absolute atomic E-state index is 11.2. The standard InChI is InChI=1S/C15H24N2O2S/c1-11(2)14-5-3-4-6-15(14)17-12-7-9-13(10-8-12)20(16,18)19/h7-11,14-15,17H,3-6H2,1-2H3,(H2,16,18,19). The molecule has 1 aliphatic carbocycles. The number of nitrogens with two attached hydrogens (primary N) is 1. The zero-order valence-corrected chi connectivity index (χ0v) is 13.0. The van der Waals surface area contributed by atoms with Gasteiger partial charge >= 0.3 is 0 Å². The maximum atomic E-state index is 11.2. The van der Waals surface area contributed by atoms with Crippen LogP contribution in [0.1, 0.15) is 39.5 Å². The van der Waals surface area contributed by atoms with Gasteiger partial charge in [-0.05, 0) is 48.9 Å². The summed E-state index contributed by atoms with van der Waals surface area (Å²) in [6, 6.07) is 7.19. The predicted octanol–water partition coefficient (Wildman–Crippen LogP) is 2.96. The molecule has 0 aromatic heterocycles. The third-order valence-corrected chi connectivity index (χ3v) is 5.14. The van der Waals surface area contributed by atoms with Gasteiger partial charge in [0.15, 0.2) is 0 Å². The average molecular weight is 296 g/mol. The van der Waals surface area contributed by atoms with Crippen molar-refractivity contribution in [2.24, 2.45) is 17.0 Å². The molecule has 0 heterocycles. The van der Waals surface area contributed by atoms with E-state index in [1.807, 2.05) is 0 Å². The molecule has 0 radical (unpaired) electrons. The van der Waals surface area contributed by atoms with E-state index in [1.54, 1.807) is 24.3 Å². The first kappa shape index (κ1) is 15.3. The molecule has 1 saturated carbocycles. The van der Waals surface area contributed by atoms with Crippen LogP contribution < -0.4 is 10.5 Å². The number of primary sulfonamides is 1. The Labute approximate surface area is 121 Å². The van der Waals surface area contributed by atoms with E-state index in [0.717, 1.165) is 5.69 Å². The number of nitrogens with one attached hydrogen (secondary N) is 1. The molecule has 1 aromatic carbocycles. The summed E-state index contributed by atoms with van der Waals surface area (Å²) < 4.78 is 22.5. The lowest BCUT2D eigenvalue weighted by Crippen LogP contribution is -2.35. The zero-order valence-electron chi connectivity index (χ0n) is 12.2. The minimum absolute atomic E-state index is 0.159. The van der Waals surface area contributed by atoms with Crippen LogP contribution in [-0.4, -0.2) is 14.5 Å². The molecule has 0 saturated heterocycles. The minimum atomic E-state index is -3.60. The quantitative estimate of drug-likeness (QED) is 0.897. The normalized spacial score (nSPS) is 23.8. The van der Waals surface area contributed by atoms with E-state index in [-0.39, 0.29) is 4.90 Å². The van der Waals surface area contributed by atoms with Crippen LogP contribution in [0.2, 0.25) is 0 Å². The van der Waals surface area contributed by atoms with Crippen molar-refractivity contribution in [3.63, 3.8) is 0 Å². The van der Waals surface area contributed by atoms with Crippen molar-refractivity contribution in [3.8, 4) is 0 Å². The summed E-state index contributed by atoms with van der Waals surface area (Å²) in [5.74, 6) is 1.35. The van der Waals surface area contributed by atoms with Gasteiger partial charge in [0, 0.05) is 11.7 Å². The lowest BCUT2D eigenvalue weighted by Gasteiger charge is -2.35. The summed E-state index contributed by atoms with van der Waals surface area (Å²) in [7, 11) is -3.60. The molecule has 0 spiro atoms. The molecule has 3 N–H and O–H groups in total. The number of benzene rings is 1. The van der Waals surface area contributed by atoms with Crippen LogP contribution in [0.25, 0.3) is 0 Å². The molecule has 2 rings (SSSR count). The van der Waals surface area contributed by atoms with Gasteiger partial charge in [-0.3, -0.25) is 0 Å². The Hall–Kier alpha value is -1.07. The fraction of sp³-hybridized carbons (Fsp3) is 0.600. The van der Waals surface area contributed by atoms with E-state index in [9.17, 15) is 8.42 Å². The maximum Gasteiger partial charge on any atom is 0.238 e. The molecule has 1 fully saturated rings. The first-order chi connectivity index (χ1) is 9.38. The highest BCUT2D eigenvalue weighted by Crippen LogP contribution is 2.32. The molecule has 112 valence electrons. The Kier molecular flexibility index (Phi) is 4.70. The molecule has 0 bridgehead atoms. The molecular weight excluding hydrogens is 272 g/mol. The van der Waals surface area contributed by atoms with Gasteiger partial charge in [0.25, 0.3) is 0 Å². The van der Waals surface area contributed by atoms with Crippen molar-refractivity contribution in [2.75, 3.05) is 5.32 Å². The summed E-state index contributed by atoms with van der Waals surface area (Å²) in [6.07, 6.45) is 5.02. The number of rotatable bonds is 4. The first-order valence-corrected chi connectivity index (χ1v) is 8.82. The SMILES string of the molecule is CC(C)C1CCCCC1Nc1ccc(S(N)(=O)=O)cc1. The van der Waals surface area contributed by atoms with Gasteiger partial charge in [0.05, 0.1) is 4.90 Å². The first-order valence-electron chi connectivity index (χ1n) is 7.27. The highest BCUT2D eigenvalue weighted by atomic mass is 32.2. The van der Waals surface area contributed by atoms with Gasteiger partial charge in [-0.2, -0.15) is 0 Å². The van der Waals surface area contributed by atoms with Gasteiger partial charge in [-0.15, -0.1) is 0 Å². The van der Waals surface area contributed by atoms with Crippen LogP contribution in [0.3, 0.4) is 0 Å². The molecule has 2 atom stereocenters. The topological polar surface area (TPSA) is 72.2 Å². The minimum Gasteiger partial charge on any atom is -0.382 e. The molecule has 0 amide bonds. The molecule has 0 aliphatic heterocycles. The third-order valence-electron chi connectivity index (χ3n) is 4.21. The second kappa shape index (κ2) is 6.14. The van der Waals surface area contributed by atoms with Crippen molar-refractivity contribution in [1.82, 2.24) is 0 Å². The molecule has 4 nitrogen and oxygen atoms in total. The van der Waals surface area contributed by atoms with Gasteiger partial charge in [0.2, 0.25) is 10.0 Å². The van der Waals surface area contributed by atoms with E-state index >= 15 is 0 Å². The van der Waals surface area contributed by atoms with Crippen molar-refractivity contribution in [3.05, 3.63) is 24.3 Å². The molecular formula is C15H24N2O2S. The van der Waals surface area contributed by atoms with E-state index in [0.29, 0.717) is 17.9 Å². The second-order valence-electron chi connectivity index (χ2n) is 6.01. The lowest BCUT2D eigenvalue weighted by atomic mass is 9.78. The smallest absolute Gasteiger partial charge is 0.238 e. The summed E-state index contributed by atoms with van der Waals surface area (Å²) in [4.78, 5) is 0.159. The Morgan fingerprint density at radius 3 is 2.30 bits per heavy atom. The third kappa shape index (κ3) is 3.73. The van der Waals surface area contributed by atoms with E-state index < -0.39 is 10.0 Å². The van der Waals surface area contributed by atoms with Crippen molar-refractivity contribution < 1.29 is 8.42 Å². The van der Waals surface area contributed by atoms with Gasteiger partial charge in [-0.25, -0.2) is 13.6 Å². The Bertz CT molecular complexity index is 537. The Balaban J connectivity index is 2.09. The summed E-state index contributed by atoms with van der Waals surface area (Å²) >= 11 is 0.